The van der Waals surface area contributed by atoms with Crippen molar-refractivity contribution in [1.82, 2.24) is 0 Å². The van der Waals surface area contributed by atoms with Crippen LogP contribution in [0.5, 0.6) is 0 Å². The smallest absolute Gasteiger partial charge is 0.310 e. The highest BCUT2D eigenvalue weighted by molar-refractivity contribution is 5.72. The van der Waals surface area contributed by atoms with Gasteiger partial charge in [0.25, 0.3) is 0 Å². The van der Waals surface area contributed by atoms with Gasteiger partial charge in [0.1, 0.15) is 23.9 Å². The molecule has 0 radical (unpaired) electrons. The number of aliphatic hydroxyl groups excluding tert-OH is 1. The monoisotopic (exact) mass is 578 g/mol. The van der Waals surface area contributed by atoms with E-state index in [1.54, 1.807) is 19.1 Å². The average molecular weight is 579 g/mol. The van der Waals surface area contributed by atoms with E-state index in [9.17, 15) is 24.6 Å². The lowest BCUT2D eigenvalue weighted by Gasteiger charge is -2.33. The van der Waals surface area contributed by atoms with Gasteiger partial charge in [-0.2, -0.15) is 0 Å². The number of carbonyl (C=O) groups is 3. The van der Waals surface area contributed by atoms with Crippen molar-refractivity contribution in [1.29, 1.82) is 0 Å². The number of ether oxygens (including phenoxy) is 4. The molecule has 0 aromatic heterocycles. The summed E-state index contributed by atoms with van der Waals surface area (Å²) in [7, 11) is 0. The number of esters is 3. The lowest BCUT2D eigenvalue weighted by molar-refractivity contribution is -0.160. The fourth-order valence-electron chi connectivity index (χ4n) is 5.29. The van der Waals surface area contributed by atoms with Crippen molar-refractivity contribution in [3.05, 3.63) is 36.0 Å². The van der Waals surface area contributed by atoms with Gasteiger partial charge in [0, 0.05) is 25.7 Å². The SMILES string of the molecule is CCC(O)C(C)C1OC1CC(C)C=CC=C(C)C1OC(=O)CC(OC(C)=O)CCC(C)(O)C(OC(C)=O)C=CC1C. The van der Waals surface area contributed by atoms with Crippen LogP contribution in [0.4, 0.5) is 0 Å². The van der Waals surface area contributed by atoms with E-state index in [1.165, 1.54) is 13.8 Å². The number of hydrogen-bond donors (Lipinski definition) is 2. The Morgan fingerprint density at radius 1 is 1.17 bits per heavy atom. The van der Waals surface area contributed by atoms with E-state index < -0.39 is 41.8 Å². The van der Waals surface area contributed by atoms with Crippen LogP contribution in [-0.4, -0.2) is 70.3 Å². The molecule has 0 amide bonds. The van der Waals surface area contributed by atoms with E-state index in [0.29, 0.717) is 6.42 Å². The van der Waals surface area contributed by atoms with E-state index in [1.807, 2.05) is 39.8 Å². The number of rotatable bonds is 10. The third-order valence-corrected chi connectivity index (χ3v) is 7.95. The molecule has 0 aromatic rings. The van der Waals surface area contributed by atoms with Gasteiger partial charge in [-0.15, -0.1) is 0 Å². The average Bonchev–Trinajstić information content (AvgIpc) is 3.64. The predicted molar refractivity (Wildman–Crippen MR) is 155 cm³/mol. The van der Waals surface area contributed by atoms with Gasteiger partial charge in [-0.25, -0.2) is 0 Å². The first-order valence-electron chi connectivity index (χ1n) is 14.8. The minimum atomic E-state index is -1.45. The largest absolute Gasteiger partial charge is 0.462 e. The molecular formula is C32H50O9. The summed E-state index contributed by atoms with van der Waals surface area (Å²) in [5.74, 6) is -1.54. The molecule has 1 fully saturated rings. The van der Waals surface area contributed by atoms with Crippen LogP contribution >= 0.6 is 0 Å². The maximum absolute atomic E-state index is 12.9. The van der Waals surface area contributed by atoms with Crippen molar-refractivity contribution in [3.8, 4) is 0 Å². The second-order valence-electron chi connectivity index (χ2n) is 12.0. The van der Waals surface area contributed by atoms with Gasteiger partial charge < -0.3 is 29.2 Å². The molecule has 0 saturated carbocycles. The molecule has 0 aromatic carbocycles. The topological polar surface area (TPSA) is 132 Å². The van der Waals surface area contributed by atoms with Gasteiger partial charge in [0.15, 0.2) is 0 Å². The number of epoxide rings is 1. The normalized spacial score (nSPS) is 33.6. The number of cyclic esters (lactones) is 1. The molecule has 0 aliphatic carbocycles. The van der Waals surface area contributed by atoms with Crippen LogP contribution in [0.15, 0.2) is 36.0 Å². The molecule has 232 valence electrons. The minimum absolute atomic E-state index is 0.0914. The zero-order valence-electron chi connectivity index (χ0n) is 25.9. The Morgan fingerprint density at radius 3 is 2.44 bits per heavy atom. The van der Waals surface area contributed by atoms with Crippen molar-refractivity contribution < 1.29 is 43.5 Å². The van der Waals surface area contributed by atoms with Gasteiger partial charge in [-0.05, 0) is 57.1 Å². The van der Waals surface area contributed by atoms with Crippen LogP contribution in [0, 0.1) is 17.8 Å². The summed E-state index contributed by atoms with van der Waals surface area (Å²) >= 11 is 0. The first-order valence-corrected chi connectivity index (χ1v) is 14.8. The minimum Gasteiger partial charge on any atom is -0.462 e. The molecule has 9 nitrogen and oxygen atoms in total. The van der Waals surface area contributed by atoms with E-state index >= 15 is 0 Å². The van der Waals surface area contributed by atoms with Gasteiger partial charge in [-0.1, -0.05) is 52.0 Å². The summed E-state index contributed by atoms with van der Waals surface area (Å²) in [5, 5.41) is 21.2. The molecule has 10 atom stereocenters. The number of hydrogen-bond acceptors (Lipinski definition) is 9. The molecule has 0 spiro atoms. The highest BCUT2D eigenvalue weighted by Gasteiger charge is 2.45. The highest BCUT2D eigenvalue weighted by atomic mass is 16.6. The Balaban J connectivity index is 2.20. The summed E-state index contributed by atoms with van der Waals surface area (Å²) in [6.45, 7) is 13.9. The molecule has 9 heteroatoms. The molecule has 2 aliphatic heterocycles. The van der Waals surface area contributed by atoms with E-state index in [2.05, 4.69) is 13.0 Å². The Kier molecular flexibility index (Phi) is 13.3. The maximum atomic E-state index is 12.9. The number of allylic oxidation sites excluding steroid dienone is 3. The molecule has 1 saturated heterocycles. The zero-order valence-corrected chi connectivity index (χ0v) is 25.9. The van der Waals surface area contributed by atoms with Crippen LogP contribution < -0.4 is 0 Å². The van der Waals surface area contributed by atoms with Crippen molar-refractivity contribution >= 4 is 17.9 Å². The second-order valence-corrected chi connectivity index (χ2v) is 12.0. The summed E-state index contributed by atoms with van der Waals surface area (Å²) < 4.78 is 22.5. The van der Waals surface area contributed by atoms with Crippen LogP contribution in [-0.2, 0) is 33.3 Å². The summed E-state index contributed by atoms with van der Waals surface area (Å²) in [6.07, 6.45) is 8.57. The van der Waals surface area contributed by atoms with Gasteiger partial charge in [0.2, 0.25) is 0 Å². The molecule has 41 heavy (non-hydrogen) atoms. The Morgan fingerprint density at radius 2 is 1.83 bits per heavy atom. The van der Waals surface area contributed by atoms with Crippen LogP contribution in [0.25, 0.3) is 0 Å². The zero-order chi connectivity index (χ0) is 30.9. The first-order chi connectivity index (χ1) is 19.1. The molecule has 2 heterocycles. The van der Waals surface area contributed by atoms with Crippen LogP contribution in [0.2, 0.25) is 0 Å². The second kappa shape index (κ2) is 15.7. The Bertz CT molecular complexity index is 982. The molecule has 10 unspecified atom stereocenters. The fourth-order valence-corrected chi connectivity index (χ4v) is 5.29. The molecule has 2 N–H and O–H groups in total. The number of carbonyl (C=O) groups excluding carboxylic acids is 3. The van der Waals surface area contributed by atoms with E-state index in [-0.39, 0.29) is 55.3 Å². The standard InChI is InChI=1S/C32H50O9/c1-9-26(35)22(5)31-27(40-31)17-19(2)11-10-12-20(3)30-21(4)13-14-28(39-24(7)34)32(8,37)16-15-25(38-23(6)33)18-29(36)41-30/h10-14,19,21-22,25-28,30-31,35,37H,9,15-18H2,1-8H3. The molecular weight excluding hydrogens is 528 g/mol. The Labute approximate surface area is 244 Å². The molecule has 2 aliphatic rings. The predicted octanol–water partition coefficient (Wildman–Crippen LogP) is 4.59. The quantitative estimate of drug-likeness (QED) is 0.126. The van der Waals surface area contributed by atoms with Crippen molar-refractivity contribution in [2.24, 2.45) is 17.8 Å². The van der Waals surface area contributed by atoms with E-state index in [4.69, 9.17) is 18.9 Å². The lowest BCUT2D eigenvalue weighted by Crippen LogP contribution is -2.42. The molecule has 2 rings (SSSR count). The molecule has 0 bridgehead atoms. The lowest BCUT2D eigenvalue weighted by atomic mass is 9.88. The summed E-state index contributed by atoms with van der Waals surface area (Å²) in [5.41, 5.74) is -0.643. The fraction of sp³-hybridized carbons (Fsp3) is 0.719. The summed E-state index contributed by atoms with van der Waals surface area (Å²) in [4.78, 5) is 36.4. The Hall–Kier alpha value is -2.49. The third-order valence-electron chi connectivity index (χ3n) is 7.95. The van der Waals surface area contributed by atoms with E-state index in [0.717, 1.165) is 12.0 Å². The van der Waals surface area contributed by atoms with Crippen LogP contribution in [0.1, 0.15) is 87.5 Å². The van der Waals surface area contributed by atoms with Crippen molar-refractivity contribution in [2.75, 3.05) is 0 Å². The van der Waals surface area contributed by atoms with Gasteiger partial charge >= 0.3 is 17.9 Å². The van der Waals surface area contributed by atoms with Crippen molar-refractivity contribution in [2.45, 2.75) is 130 Å². The summed E-state index contributed by atoms with van der Waals surface area (Å²) in [6, 6.07) is 0. The highest BCUT2D eigenvalue weighted by Crippen LogP contribution is 2.36. The third kappa shape index (κ3) is 11.4. The van der Waals surface area contributed by atoms with Crippen LogP contribution in [0.3, 0.4) is 0 Å². The van der Waals surface area contributed by atoms with Gasteiger partial charge in [0.05, 0.1) is 24.7 Å². The number of aliphatic hydroxyl groups is 2. The van der Waals surface area contributed by atoms with Gasteiger partial charge in [-0.3, -0.25) is 14.4 Å². The maximum Gasteiger partial charge on any atom is 0.310 e. The first kappa shape index (κ1) is 34.7. The van der Waals surface area contributed by atoms with Crippen molar-refractivity contribution in [3.63, 3.8) is 0 Å².